The third-order valence-electron chi connectivity index (χ3n) is 8.89. The van der Waals surface area contributed by atoms with Gasteiger partial charge in [0.2, 0.25) is 5.91 Å². The number of carboxylic acid groups (broad SMARTS) is 1. The summed E-state index contributed by atoms with van der Waals surface area (Å²) in [6.45, 7) is 7.99. The zero-order valence-corrected chi connectivity index (χ0v) is 24.9. The average molecular weight is 583 g/mol. The molecule has 0 spiro atoms. The second kappa shape index (κ2) is 11.9. The molecule has 1 aromatic heterocycles. The molecular weight excluding hydrogens is 540 g/mol. The molecule has 2 N–H and O–H groups in total. The number of amides is 2. The minimum atomic E-state index is -1.16. The largest absolute Gasteiger partial charge is 0.480 e. The molecule has 2 aliphatic heterocycles. The summed E-state index contributed by atoms with van der Waals surface area (Å²) in [5, 5.41) is 13.3. The number of carboxylic acids is 1. The molecule has 0 unspecified atom stereocenters. The van der Waals surface area contributed by atoms with Crippen molar-refractivity contribution in [3.63, 3.8) is 0 Å². The molecule has 1 saturated heterocycles. The zero-order chi connectivity index (χ0) is 30.2. The van der Waals surface area contributed by atoms with Crippen LogP contribution in [0.1, 0.15) is 72.6 Å². The van der Waals surface area contributed by atoms with Crippen LogP contribution >= 0.6 is 0 Å². The average Bonchev–Trinajstić information content (AvgIpc) is 3.50. The van der Waals surface area contributed by atoms with Crippen molar-refractivity contribution >= 4 is 28.9 Å². The van der Waals surface area contributed by atoms with Crippen LogP contribution in [0.4, 0.5) is 4.79 Å². The van der Waals surface area contributed by atoms with Gasteiger partial charge in [-0.25, -0.2) is 9.59 Å². The Labute approximate surface area is 245 Å². The summed E-state index contributed by atoms with van der Waals surface area (Å²) in [6, 6.07) is 5.03. The zero-order valence-electron chi connectivity index (χ0n) is 24.9. The van der Waals surface area contributed by atoms with Crippen molar-refractivity contribution in [3.05, 3.63) is 34.6 Å². The number of fused-ring (bicyclic) bond motifs is 5. The predicted octanol–water partition coefficient (Wildman–Crippen LogP) is 3.96. The number of aliphatic carboxylic acids is 1. The number of nitrogens with zero attached hydrogens (tertiary/aromatic N) is 3. The molecule has 2 amide bonds. The number of carbonyl (C=O) groups is 3. The molecular formula is C31H42N4O7. The summed E-state index contributed by atoms with van der Waals surface area (Å²) >= 11 is 0. The Bertz CT molecular complexity index is 1400. The topological polar surface area (TPSA) is 140 Å². The summed E-state index contributed by atoms with van der Waals surface area (Å²) in [7, 11) is 0. The highest BCUT2D eigenvalue weighted by molar-refractivity contribution is 5.90. The van der Waals surface area contributed by atoms with Gasteiger partial charge in [-0.05, 0) is 55.1 Å². The molecule has 42 heavy (non-hydrogen) atoms. The number of carbonyl (C=O) groups excluding carboxylic acids is 2. The second-order valence-electron chi connectivity index (χ2n) is 13.3. The van der Waals surface area contributed by atoms with Gasteiger partial charge in [0.1, 0.15) is 24.3 Å². The fourth-order valence-corrected chi connectivity index (χ4v) is 6.70. The van der Waals surface area contributed by atoms with E-state index >= 15 is 0 Å². The molecule has 11 nitrogen and oxygen atoms in total. The van der Waals surface area contributed by atoms with Gasteiger partial charge < -0.3 is 24.8 Å². The SMILES string of the molecule is C[C@@H]1C[C@H]2CCCCCn3c(nc4ccccc4c3=O)O[C@@H]3C[C@@H](C(=O)O)N(C3)C(=O)[C@H](C(C)(C)C)NC(=O)O[C@@H]2C1. The molecule has 2 bridgehead atoms. The fraction of sp³-hybridized carbons (Fsp3) is 0.645. The number of benzene rings is 1. The standard InChI is InChI=1S/C31H42N4O7/c1-18-14-19-10-6-5-9-13-34-26(36)21-11-7-8-12-22(21)32-29(34)41-20-16-23(28(38)39)35(17-20)27(37)25(31(2,3)4)33-30(40)42-24(19)15-18/h7-8,11-12,18-20,23-25H,5-6,9-10,13-17H2,1-4H3,(H,33,40)(H,38,39)/t18-,19-,20-,23+,24-,25-/m1/s1. The number of hydrogen-bond donors (Lipinski definition) is 2. The lowest BCUT2D eigenvalue weighted by atomic mass is 9.85. The van der Waals surface area contributed by atoms with E-state index in [9.17, 15) is 24.3 Å². The van der Waals surface area contributed by atoms with Gasteiger partial charge in [0.25, 0.3) is 11.6 Å². The van der Waals surface area contributed by atoms with Crippen LogP contribution < -0.4 is 15.6 Å². The van der Waals surface area contributed by atoms with Crippen LogP contribution in [0.15, 0.2) is 29.1 Å². The normalized spacial score (nSPS) is 29.5. The van der Waals surface area contributed by atoms with E-state index in [1.807, 2.05) is 20.8 Å². The van der Waals surface area contributed by atoms with Gasteiger partial charge in [0.05, 0.1) is 17.4 Å². The van der Waals surface area contributed by atoms with E-state index in [0.29, 0.717) is 23.4 Å². The number of nitrogens with one attached hydrogen (secondary N) is 1. The van der Waals surface area contributed by atoms with Crippen molar-refractivity contribution in [1.29, 1.82) is 0 Å². The van der Waals surface area contributed by atoms with Gasteiger partial charge in [0.15, 0.2) is 0 Å². The van der Waals surface area contributed by atoms with Crippen LogP contribution in [-0.4, -0.2) is 68.4 Å². The molecule has 3 aliphatic rings. The Morgan fingerprint density at radius 3 is 2.55 bits per heavy atom. The Balaban J connectivity index is 1.51. The highest BCUT2D eigenvalue weighted by Gasteiger charge is 2.46. The number of para-hydroxylation sites is 1. The molecule has 5 rings (SSSR count). The van der Waals surface area contributed by atoms with Crippen LogP contribution in [0.2, 0.25) is 0 Å². The maximum Gasteiger partial charge on any atom is 0.408 e. The molecule has 6 atom stereocenters. The first-order valence-corrected chi connectivity index (χ1v) is 15.1. The Morgan fingerprint density at radius 2 is 1.81 bits per heavy atom. The maximum atomic E-state index is 13.9. The summed E-state index contributed by atoms with van der Waals surface area (Å²) in [6.07, 6.45) is 3.56. The van der Waals surface area contributed by atoms with Crippen molar-refractivity contribution in [2.24, 2.45) is 17.3 Å². The van der Waals surface area contributed by atoms with Crippen LogP contribution in [0.5, 0.6) is 6.01 Å². The van der Waals surface area contributed by atoms with Crippen LogP contribution in [0.3, 0.4) is 0 Å². The first-order valence-electron chi connectivity index (χ1n) is 15.1. The number of hydrogen-bond acceptors (Lipinski definition) is 7. The van der Waals surface area contributed by atoms with Crippen molar-refractivity contribution in [2.75, 3.05) is 6.54 Å². The third-order valence-corrected chi connectivity index (χ3v) is 8.89. The van der Waals surface area contributed by atoms with Crippen LogP contribution in [-0.2, 0) is 20.9 Å². The van der Waals surface area contributed by atoms with Crippen molar-refractivity contribution in [1.82, 2.24) is 19.8 Å². The van der Waals surface area contributed by atoms with Gasteiger partial charge >= 0.3 is 12.1 Å². The lowest BCUT2D eigenvalue weighted by Gasteiger charge is -2.35. The molecule has 0 radical (unpaired) electrons. The number of alkyl carbamates (subject to hydrolysis) is 1. The fourth-order valence-electron chi connectivity index (χ4n) is 6.70. The minimum absolute atomic E-state index is 0.0206. The van der Waals surface area contributed by atoms with Gasteiger partial charge in [-0.2, -0.15) is 4.98 Å². The van der Waals surface area contributed by atoms with E-state index in [1.165, 1.54) is 9.47 Å². The smallest absolute Gasteiger partial charge is 0.408 e. The highest BCUT2D eigenvalue weighted by Crippen LogP contribution is 2.37. The number of ether oxygens (including phenoxy) is 2. The van der Waals surface area contributed by atoms with Gasteiger partial charge in [-0.3, -0.25) is 14.2 Å². The maximum absolute atomic E-state index is 13.9. The first kappa shape index (κ1) is 29.8. The first-order chi connectivity index (χ1) is 19.9. The molecule has 3 heterocycles. The molecule has 2 fully saturated rings. The second-order valence-corrected chi connectivity index (χ2v) is 13.3. The van der Waals surface area contributed by atoms with E-state index in [2.05, 4.69) is 17.2 Å². The summed E-state index contributed by atoms with van der Waals surface area (Å²) in [5.41, 5.74) is -0.436. The Hall–Kier alpha value is -3.63. The summed E-state index contributed by atoms with van der Waals surface area (Å²) in [4.78, 5) is 58.8. The predicted molar refractivity (Wildman–Crippen MR) is 155 cm³/mol. The molecule has 2 aromatic rings. The van der Waals surface area contributed by atoms with E-state index in [1.54, 1.807) is 24.3 Å². The monoisotopic (exact) mass is 582 g/mol. The van der Waals surface area contributed by atoms with E-state index in [0.717, 1.165) is 38.5 Å². The molecule has 11 heteroatoms. The summed E-state index contributed by atoms with van der Waals surface area (Å²) < 4.78 is 13.7. The molecule has 228 valence electrons. The molecule has 1 saturated carbocycles. The third kappa shape index (κ3) is 6.24. The van der Waals surface area contributed by atoms with E-state index < -0.39 is 41.6 Å². The lowest BCUT2D eigenvalue weighted by Crippen LogP contribution is -2.57. The van der Waals surface area contributed by atoms with E-state index in [4.69, 9.17) is 9.47 Å². The minimum Gasteiger partial charge on any atom is -0.480 e. The Kier molecular flexibility index (Phi) is 8.48. The molecule has 1 aromatic carbocycles. The van der Waals surface area contributed by atoms with E-state index in [-0.39, 0.29) is 36.6 Å². The van der Waals surface area contributed by atoms with Crippen molar-refractivity contribution < 1.29 is 29.0 Å². The van der Waals surface area contributed by atoms with Crippen molar-refractivity contribution in [3.8, 4) is 6.01 Å². The van der Waals surface area contributed by atoms with Gasteiger partial charge in [0, 0.05) is 13.0 Å². The van der Waals surface area contributed by atoms with Crippen molar-refractivity contribution in [2.45, 2.75) is 103 Å². The lowest BCUT2D eigenvalue weighted by molar-refractivity contribution is -0.150. The van der Waals surface area contributed by atoms with Gasteiger partial charge in [-0.1, -0.05) is 52.7 Å². The quantitative estimate of drug-likeness (QED) is 0.515. The van der Waals surface area contributed by atoms with Crippen LogP contribution in [0, 0.1) is 17.3 Å². The van der Waals surface area contributed by atoms with Crippen LogP contribution in [0.25, 0.3) is 10.9 Å². The number of rotatable bonds is 1. The summed E-state index contributed by atoms with van der Waals surface area (Å²) in [5.74, 6) is -1.05. The van der Waals surface area contributed by atoms with Gasteiger partial charge in [-0.15, -0.1) is 0 Å². The molecule has 1 aliphatic carbocycles. The Morgan fingerprint density at radius 1 is 1.05 bits per heavy atom. The highest BCUT2D eigenvalue weighted by atomic mass is 16.6. The number of aromatic nitrogens is 2.